The number of fused-ring (bicyclic) bond motifs is 2. The molecular formula is C24H8F5NO3. The van der Waals surface area contributed by atoms with Gasteiger partial charge in [0.15, 0.2) is 23.3 Å². The van der Waals surface area contributed by atoms with Crippen LogP contribution in [-0.2, 0) is 0 Å². The van der Waals surface area contributed by atoms with E-state index in [0.29, 0.717) is 27.1 Å². The van der Waals surface area contributed by atoms with E-state index in [1.54, 1.807) is 12.1 Å². The topological polar surface area (TPSA) is 63.1 Å². The second-order valence-electron chi connectivity index (χ2n) is 7.56. The summed E-state index contributed by atoms with van der Waals surface area (Å²) in [7, 11) is 0. The minimum Gasteiger partial charge on any atom is -0.456 e. The molecule has 2 aromatic heterocycles. The van der Waals surface area contributed by atoms with Crippen molar-refractivity contribution in [1.29, 1.82) is 0 Å². The molecule has 33 heavy (non-hydrogen) atoms. The number of aromatic amines is 1. The van der Waals surface area contributed by atoms with Crippen molar-refractivity contribution in [2.75, 3.05) is 0 Å². The Morgan fingerprint density at radius 3 is 1.79 bits per heavy atom. The summed E-state index contributed by atoms with van der Waals surface area (Å²) in [6.45, 7) is 0. The third-order valence-corrected chi connectivity index (χ3v) is 5.83. The molecule has 0 aliphatic heterocycles. The molecule has 0 bridgehead atoms. The van der Waals surface area contributed by atoms with Crippen LogP contribution in [0.4, 0.5) is 22.0 Å². The monoisotopic (exact) mass is 453 g/mol. The highest BCUT2D eigenvalue weighted by molar-refractivity contribution is 6.26. The van der Waals surface area contributed by atoms with E-state index in [1.165, 1.54) is 30.3 Å². The van der Waals surface area contributed by atoms with Crippen molar-refractivity contribution in [3.05, 3.63) is 92.3 Å². The molecule has 6 rings (SSSR count). The van der Waals surface area contributed by atoms with Crippen molar-refractivity contribution in [3.8, 4) is 11.1 Å². The minimum atomic E-state index is -2.24. The van der Waals surface area contributed by atoms with Gasteiger partial charge >= 0.3 is 0 Å². The smallest absolute Gasteiger partial charge is 0.258 e. The Labute approximate surface area is 178 Å². The molecule has 2 heterocycles. The predicted octanol–water partition coefficient (Wildman–Crippen LogP) is 5.74. The Hall–Kier alpha value is -4.27. The summed E-state index contributed by atoms with van der Waals surface area (Å²) >= 11 is 0. The highest BCUT2D eigenvalue weighted by Gasteiger charge is 2.27. The van der Waals surface area contributed by atoms with Gasteiger partial charge in [-0.25, -0.2) is 22.0 Å². The zero-order chi connectivity index (χ0) is 23.2. The number of nitrogens with one attached hydrogen (secondary N) is 1. The standard InChI is InChI=1S/C24H8F5NO3/c25-18-15(19(26)21(28)22(29)20(18)27)8-1-5-13-12(7-8)9-2-3-10-16-11(24(32)30-23(10)31)4-6-14(33-13)17(9)16/h1-7H,(H,30,31,32). The van der Waals surface area contributed by atoms with Crippen molar-refractivity contribution >= 4 is 43.5 Å². The normalized spacial score (nSPS) is 12.0. The average Bonchev–Trinajstić information content (AvgIpc) is 2.81. The van der Waals surface area contributed by atoms with Crippen LogP contribution in [0.5, 0.6) is 0 Å². The van der Waals surface area contributed by atoms with Crippen LogP contribution in [0.2, 0.25) is 0 Å². The Bertz CT molecular complexity index is 1860. The molecular weight excluding hydrogens is 445 g/mol. The molecule has 0 atom stereocenters. The maximum atomic E-state index is 14.4. The van der Waals surface area contributed by atoms with Gasteiger partial charge in [-0.1, -0.05) is 12.1 Å². The van der Waals surface area contributed by atoms with E-state index in [4.69, 9.17) is 4.42 Å². The fraction of sp³-hybridized carbons (Fsp3) is 0. The van der Waals surface area contributed by atoms with Crippen LogP contribution in [0.15, 0.2) is 56.5 Å². The number of rotatable bonds is 1. The fourth-order valence-electron chi connectivity index (χ4n) is 4.35. The molecule has 0 amide bonds. The molecule has 0 saturated heterocycles. The summed E-state index contributed by atoms with van der Waals surface area (Å²) in [5, 5.41) is 2.04. The second-order valence-corrected chi connectivity index (χ2v) is 7.56. The average molecular weight is 453 g/mol. The lowest BCUT2D eigenvalue weighted by molar-refractivity contribution is 0.381. The number of hydrogen-bond donors (Lipinski definition) is 1. The maximum Gasteiger partial charge on any atom is 0.258 e. The zero-order valence-electron chi connectivity index (χ0n) is 16.2. The molecule has 162 valence electrons. The predicted molar refractivity (Wildman–Crippen MR) is 112 cm³/mol. The Morgan fingerprint density at radius 1 is 0.576 bits per heavy atom. The quantitative estimate of drug-likeness (QED) is 0.114. The zero-order valence-corrected chi connectivity index (χ0v) is 16.2. The van der Waals surface area contributed by atoms with E-state index in [2.05, 4.69) is 4.98 Å². The van der Waals surface area contributed by atoms with Gasteiger partial charge in [-0.3, -0.25) is 14.6 Å². The number of aromatic nitrogens is 1. The maximum absolute atomic E-state index is 14.4. The number of hydrogen-bond acceptors (Lipinski definition) is 3. The summed E-state index contributed by atoms with van der Waals surface area (Å²) in [5.41, 5.74) is -1.89. The van der Waals surface area contributed by atoms with Crippen molar-refractivity contribution in [1.82, 2.24) is 4.98 Å². The van der Waals surface area contributed by atoms with Gasteiger partial charge in [0, 0.05) is 26.9 Å². The molecule has 4 aromatic carbocycles. The molecule has 6 aromatic rings. The lowest BCUT2D eigenvalue weighted by atomic mass is 9.95. The van der Waals surface area contributed by atoms with Crippen molar-refractivity contribution in [2.24, 2.45) is 0 Å². The number of pyridine rings is 1. The Balaban J connectivity index is 1.78. The summed E-state index contributed by atoms with van der Waals surface area (Å²) in [5.74, 6) is -10.3. The SMILES string of the molecule is O=c1[nH]c(=O)c2ccc3c4cc(-c5c(F)c(F)c(F)c(F)c5F)ccc4oc4ccc1c2c43. The van der Waals surface area contributed by atoms with Crippen LogP contribution in [0.25, 0.3) is 54.6 Å². The van der Waals surface area contributed by atoms with Crippen LogP contribution in [-0.4, -0.2) is 4.98 Å². The molecule has 0 fully saturated rings. The molecule has 0 radical (unpaired) electrons. The fourth-order valence-corrected chi connectivity index (χ4v) is 4.35. The van der Waals surface area contributed by atoms with Crippen molar-refractivity contribution in [3.63, 3.8) is 0 Å². The van der Waals surface area contributed by atoms with Crippen LogP contribution in [0, 0.1) is 29.1 Å². The lowest BCUT2D eigenvalue weighted by Gasteiger charge is -2.13. The Kier molecular flexibility index (Phi) is 3.75. The third-order valence-electron chi connectivity index (χ3n) is 5.83. The van der Waals surface area contributed by atoms with E-state index in [0.717, 1.165) is 0 Å². The lowest BCUT2D eigenvalue weighted by Crippen LogP contribution is -2.19. The van der Waals surface area contributed by atoms with E-state index in [9.17, 15) is 31.5 Å². The van der Waals surface area contributed by atoms with Gasteiger partial charge in [0.1, 0.15) is 11.2 Å². The summed E-state index contributed by atoms with van der Waals surface area (Å²) in [4.78, 5) is 26.9. The first-order valence-electron chi connectivity index (χ1n) is 9.57. The van der Waals surface area contributed by atoms with Gasteiger partial charge in [0.2, 0.25) is 5.82 Å². The molecule has 1 N–H and O–H groups in total. The summed E-state index contributed by atoms with van der Waals surface area (Å²) in [6, 6.07) is 9.91. The largest absolute Gasteiger partial charge is 0.456 e. The molecule has 0 spiro atoms. The Morgan fingerprint density at radius 2 is 1.12 bits per heavy atom. The van der Waals surface area contributed by atoms with Gasteiger partial charge in [0.05, 0.1) is 5.56 Å². The van der Waals surface area contributed by atoms with Crippen LogP contribution < -0.4 is 11.1 Å². The first-order chi connectivity index (χ1) is 15.8. The van der Waals surface area contributed by atoms with E-state index in [1.807, 2.05) is 0 Å². The summed E-state index contributed by atoms with van der Waals surface area (Å²) < 4.78 is 75.7. The molecule has 0 unspecified atom stereocenters. The molecule has 0 saturated carbocycles. The van der Waals surface area contributed by atoms with E-state index in [-0.39, 0.29) is 21.9 Å². The van der Waals surface area contributed by atoms with Gasteiger partial charge in [0.25, 0.3) is 11.1 Å². The first-order valence-corrected chi connectivity index (χ1v) is 9.57. The minimum absolute atomic E-state index is 0.244. The second kappa shape index (κ2) is 6.38. The van der Waals surface area contributed by atoms with Gasteiger partial charge < -0.3 is 4.42 Å². The van der Waals surface area contributed by atoms with E-state index < -0.39 is 45.8 Å². The van der Waals surface area contributed by atoms with Crippen molar-refractivity contribution in [2.45, 2.75) is 0 Å². The highest BCUT2D eigenvalue weighted by Crippen LogP contribution is 2.39. The molecule has 4 nitrogen and oxygen atoms in total. The van der Waals surface area contributed by atoms with Gasteiger partial charge in [-0.15, -0.1) is 0 Å². The number of benzene rings is 4. The summed E-state index contributed by atoms with van der Waals surface area (Å²) in [6.07, 6.45) is 0. The molecule has 0 aliphatic carbocycles. The van der Waals surface area contributed by atoms with Crippen LogP contribution in [0.3, 0.4) is 0 Å². The molecule has 0 aliphatic rings. The number of H-pyrrole nitrogens is 1. The number of halogens is 5. The van der Waals surface area contributed by atoms with Crippen LogP contribution >= 0.6 is 0 Å². The highest BCUT2D eigenvalue weighted by atomic mass is 19.2. The third kappa shape index (κ3) is 2.44. The van der Waals surface area contributed by atoms with Crippen LogP contribution in [0.1, 0.15) is 0 Å². The van der Waals surface area contributed by atoms with Gasteiger partial charge in [-0.2, -0.15) is 0 Å². The van der Waals surface area contributed by atoms with Gasteiger partial charge in [-0.05, 0) is 41.3 Å². The van der Waals surface area contributed by atoms with E-state index >= 15 is 0 Å². The molecule has 9 heteroatoms. The van der Waals surface area contributed by atoms with Crippen molar-refractivity contribution < 1.29 is 26.4 Å². The first kappa shape index (κ1) is 19.4.